The van der Waals surface area contributed by atoms with Crippen molar-refractivity contribution < 1.29 is 9.90 Å². The first-order valence-electron chi connectivity index (χ1n) is 7.83. The summed E-state index contributed by atoms with van der Waals surface area (Å²) in [6.07, 6.45) is 2.23. The van der Waals surface area contributed by atoms with E-state index in [4.69, 9.17) is 0 Å². The zero-order chi connectivity index (χ0) is 17.1. The first-order valence-corrected chi connectivity index (χ1v) is 7.83. The van der Waals surface area contributed by atoms with Crippen LogP contribution in [0.2, 0.25) is 0 Å². The Kier molecular flexibility index (Phi) is 4.33. The predicted octanol–water partition coefficient (Wildman–Crippen LogP) is 3.70. The van der Waals surface area contributed by atoms with Gasteiger partial charge in [-0.15, -0.1) is 0 Å². The Balaban J connectivity index is 1.93. The molecule has 0 aliphatic rings. The molecule has 5 nitrogen and oxygen atoms in total. The largest absolute Gasteiger partial charge is 0.506 e. The van der Waals surface area contributed by atoms with E-state index >= 15 is 0 Å². The second-order valence-corrected chi connectivity index (χ2v) is 5.58. The fraction of sp³-hybridized carbons (Fsp3) is 0.158. The number of amides is 1. The number of phenols is 1. The van der Waals surface area contributed by atoms with Crippen LogP contribution in [-0.2, 0) is 6.42 Å². The molecule has 0 aliphatic heterocycles. The third-order valence-corrected chi connectivity index (χ3v) is 3.85. The van der Waals surface area contributed by atoms with Crippen LogP contribution < -0.4 is 5.32 Å². The van der Waals surface area contributed by atoms with Gasteiger partial charge < -0.3 is 10.4 Å². The van der Waals surface area contributed by atoms with Crippen molar-refractivity contribution in [3.8, 4) is 11.4 Å². The summed E-state index contributed by atoms with van der Waals surface area (Å²) in [5, 5.41) is 17.0. The highest BCUT2D eigenvalue weighted by Gasteiger charge is 2.18. The van der Waals surface area contributed by atoms with Crippen LogP contribution in [0.15, 0.2) is 54.7 Å². The normalized spacial score (nSPS) is 10.6. The number of anilines is 1. The zero-order valence-electron chi connectivity index (χ0n) is 13.7. The fourth-order valence-electron chi connectivity index (χ4n) is 2.64. The Morgan fingerprint density at radius 3 is 2.67 bits per heavy atom. The minimum absolute atomic E-state index is 0.0439. The van der Waals surface area contributed by atoms with Crippen molar-refractivity contribution in [2.24, 2.45) is 0 Å². The van der Waals surface area contributed by atoms with Gasteiger partial charge in [0.2, 0.25) is 0 Å². The number of para-hydroxylation sites is 1. The standard InChI is InChI=1S/C19H19N3O2/c1-3-17-15(12-20-22(17)14-7-5-4-6-8-14)19(24)21-16-11-13(2)9-10-18(16)23/h4-12,23H,3H2,1-2H3,(H,21,24). The minimum Gasteiger partial charge on any atom is -0.506 e. The quantitative estimate of drug-likeness (QED) is 0.720. The van der Waals surface area contributed by atoms with E-state index in [1.165, 1.54) is 0 Å². The van der Waals surface area contributed by atoms with Gasteiger partial charge in [-0.25, -0.2) is 4.68 Å². The molecular formula is C19H19N3O2. The van der Waals surface area contributed by atoms with Crippen molar-refractivity contribution in [1.82, 2.24) is 9.78 Å². The second-order valence-electron chi connectivity index (χ2n) is 5.58. The molecule has 0 radical (unpaired) electrons. The Labute approximate surface area is 140 Å². The van der Waals surface area contributed by atoms with Crippen molar-refractivity contribution >= 4 is 11.6 Å². The Hall–Kier alpha value is -3.08. The smallest absolute Gasteiger partial charge is 0.259 e. The van der Waals surface area contributed by atoms with E-state index in [2.05, 4.69) is 10.4 Å². The van der Waals surface area contributed by atoms with Gasteiger partial charge in [0.1, 0.15) is 5.75 Å². The molecule has 1 aromatic heterocycles. The van der Waals surface area contributed by atoms with Gasteiger partial charge in [0.25, 0.3) is 5.91 Å². The number of aromatic nitrogens is 2. The summed E-state index contributed by atoms with van der Waals surface area (Å²) in [5.74, 6) is -0.239. The molecule has 0 atom stereocenters. The molecule has 0 aliphatic carbocycles. The van der Waals surface area contributed by atoms with E-state index in [0.29, 0.717) is 17.7 Å². The highest BCUT2D eigenvalue weighted by atomic mass is 16.3. The third kappa shape index (κ3) is 3.01. The molecule has 0 unspecified atom stereocenters. The lowest BCUT2D eigenvalue weighted by Gasteiger charge is -2.10. The third-order valence-electron chi connectivity index (χ3n) is 3.85. The van der Waals surface area contributed by atoms with Gasteiger partial charge in [-0.2, -0.15) is 5.10 Å². The Morgan fingerprint density at radius 1 is 1.21 bits per heavy atom. The van der Waals surface area contributed by atoms with Crippen LogP contribution in [0, 0.1) is 6.92 Å². The maximum Gasteiger partial charge on any atom is 0.259 e. The number of carbonyl (C=O) groups is 1. The van der Waals surface area contributed by atoms with Crippen molar-refractivity contribution in [2.45, 2.75) is 20.3 Å². The molecule has 1 amide bonds. The molecule has 5 heteroatoms. The van der Waals surface area contributed by atoms with E-state index < -0.39 is 0 Å². The summed E-state index contributed by atoms with van der Waals surface area (Å²) in [7, 11) is 0. The number of nitrogens with one attached hydrogen (secondary N) is 1. The summed E-state index contributed by atoms with van der Waals surface area (Å²) in [6, 6.07) is 14.8. The van der Waals surface area contributed by atoms with Gasteiger partial charge in [0.15, 0.2) is 0 Å². The SMILES string of the molecule is CCc1c(C(=O)Nc2cc(C)ccc2O)cnn1-c1ccccc1. The molecule has 0 saturated heterocycles. The fourth-order valence-corrected chi connectivity index (χ4v) is 2.64. The summed E-state index contributed by atoms with van der Waals surface area (Å²) < 4.78 is 1.77. The number of carbonyl (C=O) groups excluding carboxylic acids is 1. The maximum absolute atomic E-state index is 12.6. The van der Waals surface area contributed by atoms with Crippen LogP contribution >= 0.6 is 0 Å². The lowest BCUT2D eigenvalue weighted by Crippen LogP contribution is -2.14. The second kappa shape index (κ2) is 6.58. The minimum atomic E-state index is -0.282. The highest BCUT2D eigenvalue weighted by molar-refractivity contribution is 6.05. The molecule has 1 heterocycles. The molecule has 3 rings (SSSR count). The topological polar surface area (TPSA) is 67.2 Å². The van der Waals surface area contributed by atoms with Gasteiger partial charge in [-0.1, -0.05) is 31.2 Å². The zero-order valence-corrected chi connectivity index (χ0v) is 13.7. The number of aryl methyl sites for hydroxylation is 1. The van der Waals surface area contributed by atoms with Crippen molar-refractivity contribution in [1.29, 1.82) is 0 Å². The average Bonchev–Trinajstić information content (AvgIpc) is 3.03. The maximum atomic E-state index is 12.6. The first-order chi connectivity index (χ1) is 11.6. The molecule has 2 N–H and O–H groups in total. The molecule has 0 bridgehead atoms. The number of rotatable bonds is 4. The Morgan fingerprint density at radius 2 is 1.96 bits per heavy atom. The van der Waals surface area contributed by atoms with Crippen LogP contribution in [0.5, 0.6) is 5.75 Å². The highest BCUT2D eigenvalue weighted by Crippen LogP contribution is 2.25. The number of hydrogen-bond donors (Lipinski definition) is 2. The lowest BCUT2D eigenvalue weighted by atomic mass is 10.1. The first kappa shape index (κ1) is 15.8. The molecule has 0 fully saturated rings. The number of hydrogen-bond acceptors (Lipinski definition) is 3. The van der Waals surface area contributed by atoms with E-state index in [-0.39, 0.29) is 11.7 Å². The van der Waals surface area contributed by atoms with Gasteiger partial charge in [0, 0.05) is 0 Å². The van der Waals surface area contributed by atoms with Crippen LogP contribution in [0.1, 0.15) is 28.5 Å². The number of benzene rings is 2. The monoisotopic (exact) mass is 321 g/mol. The summed E-state index contributed by atoms with van der Waals surface area (Å²) in [4.78, 5) is 12.6. The Bertz CT molecular complexity index is 870. The number of aromatic hydroxyl groups is 1. The van der Waals surface area contributed by atoms with Gasteiger partial charge in [0.05, 0.1) is 28.8 Å². The van der Waals surface area contributed by atoms with E-state index in [0.717, 1.165) is 16.9 Å². The molecule has 24 heavy (non-hydrogen) atoms. The molecule has 122 valence electrons. The van der Waals surface area contributed by atoms with Crippen LogP contribution in [-0.4, -0.2) is 20.8 Å². The molecular weight excluding hydrogens is 302 g/mol. The van der Waals surface area contributed by atoms with Crippen LogP contribution in [0.25, 0.3) is 5.69 Å². The van der Waals surface area contributed by atoms with E-state index in [9.17, 15) is 9.90 Å². The van der Waals surface area contributed by atoms with E-state index in [1.54, 1.807) is 29.1 Å². The van der Waals surface area contributed by atoms with Crippen molar-refractivity contribution in [3.63, 3.8) is 0 Å². The summed E-state index contributed by atoms with van der Waals surface area (Å²) >= 11 is 0. The van der Waals surface area contributed by atoms with Gasteiger partial charge >= 0.3 is 0 Å². The van der Waals surface area contributed by atoms with E-state index in [1.807, 2.05) is 44.2 Å². The summed E-state index contributed by atoms with van der Waals surface area (Å²) in [6.45, 7) is 3.89. The van der Waals surface area contributed by atoms with Gasteiger partial charge in [-0.05, 0) is 43.2 Å². The number of nitrogens with zero attached hydrogens (tertiary/aromatic N) is 2. The summed E-state index contributed by atoms with van der Waals surface area (Å²) in [5.41, 5.74) is 3.59. The van der Waals surface area contributed by atoms with Gasteiger partial charge in [-0.3, -0.25) is 4.79 Å². The average molecular weight is 321 g/mol. The molecule has 0 spiro atoms. The molecule has 0 saturated carbocycles. The molecule has 2 aromatic carbocycles. The lowest BCUT2D eigenvalue weighted by molar-refractivity contribution is 0.102. The van der Waals surface area contributed by atoms with Crippen LogP contribution in [0.4, 0.5) is 5.69 Å². The van der Waals surface area contributed by atoms with Crippen LogP contribution in [0.3, 0.4) is 0 Å². The predicted molar refractivity (Wildman–Crippen MR) is 93.7 cm³/mol. The molecule has 3 aromatic rings. The van der Waals surface area contributed by atoms with Crippen molar-refractivity contribution in [2.75, 3.05) is 5.32 Å². The number of phenolic OH excluding ortho intramolecular Hbond substituents is 1. The van der Waals surface area contributed by atoms with Crippen molar-refractivity contribution in [3.05, 3.63) is 71.5 Å².